The molecule has 6 nitrogen and oxygen atoms in total. The van der Waals surface area contributed by atoms with Crippen molar-refractivity contribution in [3.05, 3.63) is 88.2 Å². The van der Waals surface area contributed by atoms with Crippen LogP contribution in [-0.2, 0) is 10.2 Å². The minimum Gasteiger partial charge on any atom is -0.352 e. The number of ketones is 1. The molecule has 0 aliphatic carbocycles. The van der Waals surface area contributed by atoms with E-state index in [-0.39, 0.29) is 28.2 Å². The third kappa shape index (κ3) is 4.52. The molecular formula is C20H19F2N3O3S. The summed E-state index contributed by atoms with van der Waals surface area (Å²) in [5.41, 5.74) is 1.72. The number of aromatic nitrogens is 1. The van der Waals surface area contributed by atoms with Gasteiger partial charge in [-0.2, -0.15) is 8.42 Å². The van der Waals surface area contributed by atoms with Crippen LogP contribution >= 0.6 is 0 Å². The van der Waals surface area contributed by atoms with E-state index in [1.807, 2.05) is 0 Å². The normalized spacial score (nSPS) is 12.6. The van der Waals surface area contributed by atoms with Crippen LogP contribution in [-0.4, -0.2) is 19.2 Å². The maximum absolute atomic E-state index is 14.8. The van der Waals surface area contributed by atoms with Crippen molar-refractivity contribution in [3.8, 4) is 0 Å². The quantitative estimate of drug-likeness (QED) is 0.532. The minimum absolute atomic E-state index is 0.100. The van der Waals surface area contributed by atoms with Gasteiger partial charge in [0.05, 0.1) is 11.4 Å². The Hall–Kier alpha value is -3.04. The third-order valence-corrected chi connectivity index (χ3v) is 5.16. The molecule has 0 saturated carbocycles. The number of carbonyl (C=O) groups is 1. The van der Waals surface area contributed by atoms with Crippen molar-refractivity contribution >= 4 is 21.7 Å². The molecule has 1 aromatic heterocycles. The summed E-state index contributed by atoms with van der Waals surface area (Å²) in [6.45, 7) is 3.25. The van der Waals surface area contributed by atoms with Gasteiger partial charge in [0.25, 0.3) is 10.2 Å². The average Bonchev–Trinajstić information content (AvgIpc) is 2.96. The standard InChI is InChI=1S/C20H19F2N3O3S/c1-11(13-5-9-16(10-6-13)25-29(23,27)28)18-17(22)12(2)19(24-18)20(26)14-3-7-15(21)8-4-14/h3-11,24-25H,1-2H3,(H2,23,27,28). The van der Waals surface area contributed by atoms with Crippen LogP contribution in [0.3, 0.4) is 0 Å². The van der Waals surface area contributed by atoms with Crippen molar-refractivity contribution in [2.24, 2.45) is 5.14 Å². The molecule has 0 spiro atoms. The van der Waals surface area contributed by atoms with Crippen LogP contribution in [0, 0.1) is 18.6 Å². The summed E-state index contributed by atoms with van der Waals surface area (Å²) in [6, 6.07) is 11.3. The van der Waals surface area contributed by atoms with Gasteiger partial charge in [0.2, 0.25) is 5.78 Å². The Morgan fingerprint density at radius 3 is 2.21 bits per heavy atom. The molecule has 0 bridgehead atoms. The fraction of sp³-hybridized carbons (Fsp3) is 0.150. The van der Waals surface area contributed by atoms with E-state index < -0.39 is 33.5 Å². The Balaban J connectivity index is 1.90. The molecular weight excluding hydrogens is 400 g/mol. The number of benzene rings is 2. The first-order valence-corrected chi connectivity index (χ1v) is 10.2. The Bertz CT molecular complexity index is 1150. The average molecular weight is 419 g/mol. The van der Waals surface area contributed by atoms with Crippen molar-refractivity contribution in [1.82, 2.24) is 4.98 Å². The summed E-state index contributed by atoms with van der Waals surface area (Å²) in [5.74, 6) is -1.88. The number of nitrogens with one attached hydrogen (secondary N) is 2. The zero-order chi connectivity index (χ0) is 21.3. The number of carbonyl (C=O) groups excluding carboxylic acids is 1. The molecule has 0 aliphatic heterocycles. The highest BCUT2D eigenvalue weighted by atomic mass is 32.2. The molecule has 152 valence electrons. The van der Waals surface area contributed by atoms with Crippen LogP contribution in [0.25, 0.3) is 0 Å². The van der Waals surface area contributed by atoms with Gasteiger partial charge in [0.15, 0.2) is 0 Å². The summed E-state index contributed by atoms with van der Waals surface area (Å²) in [5, 5.41) is 4.93. The molecule has 0 fully saturated rings. The van der Waals surface area contributed by atoms with Gasteiger partial charge in [-0.15, -0.1) is 0 Å². The lowest BCUT2D eigenvalue weighted by atomic mass is 9.97. The monoisotopic (exact) mass is 419 g/mol. The van der Waals surface area contributed by atoms with Crippen molar-refractivity contribution in [1.29, 1.82) is 0 Å². The number of H-pyrrole nitrogens is 1. The van der Waals surface area contributed by atoms with Crippen LogP contribution in [0.5, 0.6) is 0 Å². The maximum Gasteiger partial charge on any atom is 0.296 e. The lowest BCUT2D eigenvalue weighted by Crippen LogP contribution is -2.21. The van der Waals surface area contributed by atoms with Crippen LogP contribution in [0.2, 0.25) is 0 Å². The Morgan fingerprint density at radius 1 is 1.07 bits per heavy atom. The van der Waals surface area contributed by atoms with E-state index in [9.17, 15) is 22.0 Å². The molecule has 29 heavy (non-hydrogen) atoms. The second kappa shape index (κ2) is 7.76. The molecule has 4 N–H and O–H groups in total. The first-order chi connectivity index (χ1) is 13.6. The van der Waals surface area contributed by atoms with Crippen LogP contribution < -0.4 is 9.86 Å². The van der Waals surface area contributed by atoms with E-state index in [0.29, 0.717) is 5.56 Å². The summed E-state index contributed by atoms with van der Waals surface area (Å²) in [7, 11) is -3.89. The van der Waals surface area contributed by atoms with Gasteiger partial charge in [0.1, 0.15) is 11.6 Å². The number of aromatic amines is 1. The number of nitrogens with two attached hydrogens (primary N) is 1. The van der Waals surface area contributed by atoms with Crippen LogP contribution in [0.15, 0.2) is 48.5 Å². The van der Waals surface area contributed by atoms with Gasteiger partial charge in [0, 0.05) is 22.7 Å². The predicted octanol–water partition coefficient (Wildman–Crippen LogP) is 3.60. The zero-order valence-corrected chi connectivity index (χ0v) is 16.5. The first-order valence-electron chi connectivity index (χ1n) is 8.65. The Morgan fingerprint density at radius 2 is 1.66 bits per heavy atom. The van der Waals surface area contributed by atoms with Gasteiger partial charge < -0.3 is 4.98 Å². The summed E-state index contributed by atoms with van der Waals surface area (Å²) in [6.07, 6.45) is 0. The van der Waals surface area contributed by atoms with E-state index in [0.717, 1.165) is 0 Å². The highest BCUT2D eigenvalue weighted by molar-refractivity contribution is 7.90. The fourth-order valence-corrected chi connectivity index (χ4v) is 3.50. The second-order valence-corrected chi connectivity index (χ2v) is 7.97. The van der Waals surface area contributed by atoms with Crippen molar-refractivity contribution in [3.63, 3.8) is 0 Å². The Labute approximate surface area is 166 Å². The molecule has 0 saturated heterocycles. The van der Waals surface area contributed by atoms with E-state index >= 15 is 0 Å². The molecule has 1 heterocycles. The third-order valence-electron chi connectivity index (χ3n) is 4.64. The molecule has 1 atom stereocenters. The van der Waals surface area contributed by atoms with E-state index in [2.05, 4.69) is 9.71 Å². The van der Waals surface area contributed by atoms with Gasteiger partial charge >= 0.3 is 0 Å². The molecule has 0 radical (unpaired) electrons. The van der Waals surface area contributed by atoms with Gasteiger partial charge in [-0.05, 0) is 48.9 Å². The molecule has 9 heteroatoms. The smallest absolute Gasteiger partial charge is 0.296 e. The van der Waals surface area contributed by atoms with E-state index in [1.165, 1.54) is 43.3 Å². The summed E-state index contributed by atoms with van der Waals surface area (Å²) >= 11 is 0. The number of halogens is 2. The molecule has 3 aromatic rings. The molecule has 0 amide bonds. The zero-order valence-electron chi connectivity index (χ0n) is 15.7. The number of hydrogen-bond acceptors (Lipinski definition) is 3. The highest BCUT2D eigenvalue weighted by Gasteiger charge is 2.24. The molecule has 3 rings (SSSR count). The summed E-state index contributed by atoms with van der Waals surface area (Å²) in [4.78, 5) is 15.5. The van der Waals surface area contributed by atoms with E-state index in [4.69, 9.17) is 5.14 Å². The summed E-state index contributed by atoms with van der Waals surface area (Å²) < 4.78 is 52.3. The first kappa shape index (κ1) is 20.7. The second-order valence-electron chi connectivity index (χ2n) is 6.68. The topological polar surface area (TPSA) is 105 Å². The maximum atomic E-state index is 14.8. The molecule has 1 unspecified atom stereocenters. The molecule has 2 aromatic carbocycles. The van der Waals surface area contributed by atoms with Crippen molar-refractivity contribution < 1.29 is 22.0 Å². The molecule has 0 aliphatic rings. The number of rotatable bonds is 6. The predicted molar refractivity (Wildman–Crippen MR) is 106 cm³/mol. The lowest BCUT2D eigenvalue weighted by molar-refractivity contribution is 0.103. The van der Waals surface area contributed by atoms with E-state index in [1.54, 1.807) is 19.1 Å². The number of anilines is 1. The number of hydrogen-bond donors (Lipinski definition) is 3. The Kier molecular flexibility index (Phi) is 5.54. The van der Waals surface area contributed by atoms with Gasteiger partial charge in [-0.3, -0.25) is 9.52 Å². The van der Waals surface area contributed by atoms with Crippen LogP contribution in [0.4, 0.5) is 14.5 Å². The minimum atomic E-state index is -3.89. The lowest BCUT2D eigenvalue weighted by Gasteiger charge is -2.12. The van der Waals surface area contributed by atoms with Crippen LogP contribution in [0.1, 0.15) is 45.7 Å². The SMILES string of the molecule is Cc1c(C(=O)c2ccc(F)cc2)[nH]c(C(C)c2ccc(NS(N)(=O)=O)cc2)c1F. The highest BCUT2D eigenvalue weighted by Crippen LogP contribution is 2.30. The van der Waals surface area contributed by atoms with Crippen molar-refractivity contribution in [2.45, 2.75) is 19.8 Å². The largest absolute Gasteiger partial charge is 0.352 e. The van der Waals surface area contributed by atoms with Gasteiger partial charge in [-0.25, -0.2) is 13.9 Å². The fourth-order valence-electron chi connectivity index (χ4n) is 3.04. The van der Waals surface area contributed by atoms with Crippen molar-refractivity contribution in [2.75, 3.05) is 4.72 Å². The van der Waals surface area contributed by atoms with Gasteiger partial charge in [-0.1, -0.05) is 19.1 Å².